The van der Waals surface area contributed by atoms with Crippen LogP contribution in [0.25, 0.3) is 0 Å². The molecule has 0 heterocycles. The summed E-state index contributed by atoms with van der Waals surface area (Å²) in [5, 5.41) is 0. The molecule has 0 aromatic heterocycles. The van der Waals surface area contributed by atoms with Gasteiger partial charge >= 0.3 is 0 Å². The predicted octanol–water partition coefficient (Wildman–Crippen LogP) is 3.36. The fraction of sp³-hybridized carbons (Fsp3) is 0.571. The van der Waals surface area contributed by atoms with Crippen LogP contribution in [0.15, 0.2) is 24.3 Å². The van der Waals surface area contributed by atoms with Crippen molar-refractivity contribution in [3.05, 3.63) is 35.4 Å². The van der Waals surface area contributed by atoms with Gasteiger partial charge in [0.2, 0.25) is 0 Å². The van der Waals surface area contributed by atoms with Crippen molar-refractivity contribution in [2.75, 3.05) is 0 Å². The summed E-state index contributed by atoms with van der Waals surface area (Å²) >= 11 is -1.03. The summed E-state index contributed by atoms with van der Waals surface area (Å²) in [5.74, 6) is 0. The highest BCUT2D eigenvalue weighted by atomic mass is 32.2. The first-order valence-electron chi connectivity index (χ1n) is 6.11. The van der Waals surface area contributed by atoms with Crippen LogP contribution in [-0.2, 0) is 17.8 Å². The van der Waals surface area contributed by atoms with Crippen molar-refractivity contribution in [1.29, 1.82) is 0 Å². The SMILES string of the molecule is CCc1ccc(C(C)N[S@@+]([O-])C(C)(C)C)cc1. The Morgan fingerprint density at radius 1 is 1.24 bits per heavy atom. The third-order valence-electron chi connectivity index (χ3n) is 2.73. The molecule has 0 saturated carbocycles. The second-order valence-corrected chi connectivity index (χ2v) is 7.31. The lowest BCUT2D eigenvalue weighted by Gasteiger charge is -2.26. The first-order chi connectivity index (χ1) is 7.84. The molecular weight excluding hydrogens is 230 g/mol. The topological polar surface area (TPSA) is 35.1 Å². The normalized spacial score (nSPS) is 15.6. The first-order valence-corrected chi connectivity index (χ1v) is 7.26. The molecular formula is C14H23NOS. The van der Waals surface area contributed by atoms with E-state index < -0.39 is 11.4 Å². The number of rotatable bonds is 4. The maximum Gasteiger partial charge on any atom is 0.136 e. The zero-order valence-electron chi connectivity index (χ0n) is 11.4. The van der Waals surface area contributed by atoms with Gasteiger partial charge in [-0.3, -0.25) is 0 Å². The fourth-order valence-electron chi connectivity index (χ4n) is 1.45. The lowest BCUT2D eigenvalue weighted by Crippen LogP contribution is -2.40. The fourth-order valence-corrected chi connectivity index (χ4v) is 2.26. The van der Waals surface area contributed by atoms with E-state index in [0.717, 1.165) is 6.42 Å². The predicted molar refractivity (Wildman–Crippen MR) is 75.3 cm³/mol. The monoisotopic (exact) mass is 253 g/mol. The van der Waals surface area contributed by atoms with Gasteiger partial charge < -0.3 is 4.55 Å². The van der Waals surface area contributed by atoms with E-state index in [9.17, 15) is 4.55 Å². The molecule has 0 saturated heterocycles. The molecule has 1 N–H and O–H groups in total. The van der Waals surface area contributed by atoms with Gasteiger partial charge in [0.05, 0.1) is 6.04 Å². The van der Waals surface area contributed by atoms with E-state index in [1.54, 1.807) is 0 Å². The Kier molecular flexibility index (Phi) is 5.04. The minimum absolute atomic E-state index is 0.112. The number of nitrogens with one attached hydrogen (secondary N) is 1. The quantitative estimate of drug-likeness (QED) is 0.835. The van der Waals surface area contributed by atoms with Gasteiger partial charge in [-0.25, -0.2) is 0 Å². The standard InChI is InChI=1S/C14H23NOS/c1-6-12-7-9-13(10-8-12)11(2)15-17(16)14(3,4)5/h7-11,15H,6H2,1-5H3/t11?,17-/m0/s1. The van der Waals surface area contributed by atoms with Gasteiger partial charge in [-0.15, -0.1) is 4.72 Å². The molecule has 96 valence electrons. The zero-order chi connectivity index (χ0) is 13.1. The summed E-state index contributed by atoms with van der Waals surface area (Å²) in [6.07, 6.45) is 1.05. The number of aryl methyl sites for hydroxylation is 1. The molecule has 1 unspecified atom stereocenters. The lowest BCUT2D eigenvalue weighted by molar-refractivity contribution is 0.531. The molecule has 0 aliphatic carbocycles. The summed E-state index contributed by atoms with van der Waals surface area (Å²) in [6, 6.07) is 8.59. The molecule has 0 amide bonds. The molecule has 0 aliphatic rings. The second-order valence-electron chi connectivity index (χ2n) is 5.32. The van der Waals surface area contributed by atoms with Crippen LogP contribution in [0, 0.1) is 0 Å². The van der Waals surface area contributed by atoms with E-state index in [1.165, 1.54) is 11.1 Å². The van der Waals surface area contributed by atoms with Crippen LogP contribution in [0.4, 0.5) is 0 Å². The van der Waals surface area contributed by atoms with Crippen molar-refractivity contribution in [2.24, 2.45) is 0 Å². The van der Waals surface area contributed by atoms with Crippen molar-refractivity contribution in [3.63, 3.8) is 0 Å². The third kappa shape index (κ3) is 4.34. The second kappa shape index (κ2) is 5.89. The molecule has 1 aromatic rings. The summed E-state index contributed by atoms with van der Waals surface area (Å²) in [6.45, 7) is 10.1. The summed E-state index contributed by atoms with van der Waals surface area (Å²) < 4.78 is 14.9. The molecule has 2 nitrogen and oxygen atoms in total. The maximum absolute atomic E-state index is 12.0. The molecule has 0 bridgehead atoms. The van der Waals surface area contributed by atoms with E-state index in [1.807, 2.05) is 27.7 Å². The van der Waals surface area contributed by atoms with Crippen LogP contribution in [0.3, 0.4) is 0 Å². The van der Waals surface area contributed by atoms with E-state index in [2.05, 4.69) is 35.9 Å². The highest BCUT2D eigenvalue weighted by Gasteiger charge is 2.28. The van der Waals surface area contributed by atoms with Gasteiger partial charge in [0, 0.05) is 11.4 Å². The molecule has 1 aromatic carbocycles. The largest absolute Gasteiger partial charge is 0.598 e. The Hall–Kier alpha value is -0.510. The van der Waals surface area contributed by atoms with E-state index in [-0.39, 0.29) is 10.8 Å². The molecule has 0 radical (unpaired) electrons. The van der Waals surface area contributed by atoms with Gasteiger partial charge in [-0.05, 0) is 45.2 Å². The Morgan fingerprint density at radius 2 is 1.76 bits per heavy atom. The van der Waals surface area contributed by atoms with Gasteiger partial charge in [-0.1, -0.05) is 31.2 Å². The van der Waals surface area contributed by atoms with Gasteiger partial charge in [0.15, 0.2) is 0 Å². The highest BCUT2D eigenvalue weighted by molar-refractivity contribution is 7.90. The average Bonchev–Trinajstić information content (AvgIpc) is 2.27. The average molecular weight is 253 g/mol. The van der Waals surface area contributed by atoms with Crippen molar-refractivity contribution in [3.8, 4) is 0 Å². The first kappa shape index (κ1) is 14.6. The van der Waals surface area contributed by atoms with Crippen molar-refractivity contribution in [1.82, 2.24) is 4.72 Å². The summed E-state index contributed by atoms with van der Waals surface area (Å²) in [5.41, 5.74) is 2.51. The van der Waals surface area contributed by atoms with Gasteiger partial charge in [0.25, 0.3) is 0 Å². The number of hydrogen-bond acceptors (Lipinski definition) is 2. The summed E-state index contributed by atoms with van der Waals surface area (Å²) in [7, 11) is 0. The van der Waals surface area contributed by atoms with Crippen molar-refractivity contribution in [2.45, 2.75) is 51.8 Å². The van der Waals surface area contributed by atoms with Crippen molar-refractivity contribution >= 4 is 11.4 Å². The molecule has 0 spiro atoms. The Bertz CT molecular complexity index is 342. The highest BCUT2D eigenvalue weighted by Crippen LogP contribution is 2.20. The zero-order valence-corrected chi connectivity index (χ0v) is 12.2. The molecule has 0 aliphatic heterocycles. The van der Waals surface area contributed by atoms with Crippen LogP contribution in [0.5, 0.6) is 0 Å². The smallest absolute Gasteiger partial charge is 0.136 e. The molecule has 3 heteroatoms. The minimum atomic E-state index is -1.03. The van der Waals surface area contributed by atoms with Crippen molar-refractivity contribution < 1.29 is 4.55 Å². The Labute approximate surface area is 108 Å². The Balaban J connectivity index is 2.66. The minimum Gasteiger partial charge on any atom is -0.598 e. The molecule has 2 atom stereocenters. The molecule has 1 rings (SSSR count). The van der Waals surface area contributed by atoms with E-state index >= 15 is 0 Å². The van der Waals surface area contributed by atoms with Crippen LogP contribution < -0.4 is 4.72 Å². The summed E-state index contributed by atoms with van der Waals surface area (Å²) in [4.78, 5) is 0. The maximum atomic E-state index is 12.0. The van der Waals surface area contributed by atoms with Gasteiger partial charge in [-0.2, -0.15) is 0 Å². The third-order valence-corrected chi connectivity index (χ3v) is 4.41. The molecule has 17 heavy (non-hydrogen) atoms. The number of hydrogen-bond donors (Lipinski definition) is 1. The van der Waals surface area contributed by atoms with E-state index in [0.29, 0.717) is 0 Å². The van der Waals surface area contributed by atoms with Crippen LogP contribution in [0.1, 0.15) is 51.8 Å². The van der Waals surface area contributed by atoms with Crippen LogP contribution >= 0.6 is 0 Å². The number of benzene rings is 1. The van der Waals surface area contributed by atoms with Crippen LogP contribution in [-0.4, -0.2) is 9.30 Å². The van der Waals surface area contributed by atoms with Gasteiger partial charge in [0.1, 0.15) is 4.75 Å². The lowest BCUT2D eigenvalue weighted by atomic mass is 10.1. The Morgan fingerprint density at radius 3 is 2.18 bits per heavy atom. The van der Waals surface area contributed by atoms with E-state index in [4.69, 9.17) is 0 Å². The molecule has 0 fully saturated rings. The van der Waals surface area contributed by atoms with Crippen LogP contribution in [0.2, 0.25) is 0 Å².